The van der Waals surface area contributed by atoms with Gasteiger partial charge in [-0.15, -0.1) is 0 Å². The maximum atomic E-state index is 12.2. The third-order valence-electron chi connectivity index (χ3n) is 2.88. The van der Waals surface area contributed by atoms with Crippen LogP contribution in [0.15, 0.2) is 45.3 Å². The van der Waals surface area contributed by atoms with Gasteiger partial charge in [0.2, 0.25) is 0 Å². The van der Waals surface area contributed by atoms with E-state index in [0.29, 0.717) is 10.0 Å². The van der Waals surface area contributed by atoms with Gasteiger partial charge in [0.05, 0.1) is 11.3 Å². The minimum atomic E-state index is -1.09. The smallest absolute Gasteiger partial charge is 0.337 e. The molecule has 0 atom stereocenters. The number of nitrogens with one attached hydrogen (secondary N) is 1. The fraction of sp³-hybridized carbons (Fsp3) is 0.0667. The Morgan fingerprint density at radius 2 is 1.81 bits per heavy atom. The second kappa shape index (κ2) is 6.41. The first-order chi connectivity index (χ1) is 9.88. The summed E-state index contributed by atoms with van der Waals surface area (Å²) in [6.45, 7) is 1.88. The molecule has 108 valence electrons. The van der Waals surface area contributed by atoms with Gasteiger partial charge >= 0.3 is 5.97 Å². The van der Waals surface area contributed by atoms with Crippen LogP contribution < -0.4 is 5.32 Å². The lowest BCUT2D eigenvalue weighted by Gasteiger charge is -2.10. The predicted molar refractivity (Wildman–Crippen MR) is 87.9 cm³/mol. The van der Waals surface area contributed by atoms with Gasteiger partial charge in [-0.2, -0.15) is 0 Å². The van der Waals surface area contributed by atoms with Crippen molar-refractivity contribution in [1.82, 2.24) is 0 Å². The number of benzene rings is 2. The van der Waals surface area contributed by atoms with Crippen LogP contribution in [-0.2, 0) is 0 Å². The van der Waals surface area contributed by atoms with Crippen molar-refractivity contribution in [2.75, 3.05) is 5.32 Å². The Labute approximate surface area is 138 Å². The summed E-state index contributed by atoms with van der Waals surface area (Å²) in [4.78, 5) is 23.4. The first kappa shape index (κ1) is 15.7. The van der Waals surface area contributed by atoms with Crippen LogP contribution in [0, 0.1) is 6.92 Å². The zero-order valence-corrected chi connectivity index (χ0v) is 14.2. The van der Waals surface area contributed by atoms with E-state index in [4.69, 9.17) is 5.11 Å². The van der Waals surface area contributed by atoms with E-state index in [1.165, 1.54) is 6.07 Å². The summed E-state index contributed by atoms with van der Waals surface area (Å²) in [5.41, 5.74) is 1.69. The Hall–Kier alpha value is -1.66. The van der Waals surface area contributed by atoms with Crippen LogP contribution in [0.5, 0.6) is 0 Å². The van der Waals surface area contributed by atoms with Crippen molar-refractivity contribution in [2.45, 2.75) is 6.92 Å². The van der Waals surface area contributed by atoms with E-state index in [9.17, 15) is 9.59 Å². The Morgan fingerprint density at radius 3 is 2.43 bits per heavy atom. The average Bonchev–Trinajstić information content (AvgIpc) is 2.41. The highest BCUT2D eigenvalue weighted by Crippen LogP contribution is 2.23. The molecule has 0 spiro atoms. The summed E-state index contributed by atoms with van der Waals surface area (Å²) in [7, 11) is 0. The van der Waals surface area contributed by atoms with Gasteiger partial charge in [-0.3, -0.25) is 4.79 Å². The Morgan fingerprint density at radius 1 is 1.10 bits per heavy atom. The highest BCUT2D eigenvalue weighted by molar-refractivity contribution is 9.10. The topological polar surface area (TPSA) is 66.4 Å². The maximum Gasteiger partial charge on any atom is 0.337 e. The zero-order chi connectivity index (χ0) is 15.6. The van der Waals surface area contributed by atoms with E-state index in [2.05, 4.69) is 37.2 Å². The molecular weight excluding hydrogens is 402 g/mol. The number of hydrogen-bond donors (Lipinski definition) is 2. The van der Waals surface area contributed by atoms with Gasteiger partial charge in [-0.1, -0.05) is 31.9 Å². The molecule has 2 rings (SSSR count). The summed E-state index contributed by atoms with van der Waals surface area (Å²) in [6.07, 6.45) is 0. The lowest BCUT2D eigenvalue weighted by molar-refractivity contribution is 0.0698. The molecule has 0 radical (unpaired) electrons. The van der Waals surface area contributed by atoms with E-state index in [1.54, 1.807) is 30.3 Å². The molecular formula is C15H11Br2NO3. The monoisotopic (exact) mass is 411 g/mol. The molecule has 0 unspecified atom stereocenters. The normalized spacial score (nSPS) is 10.2. The van der Waals surface area contributed by atoms with E-state index >= 15 is 0 Å². The lowest BCUT2D eigenvalue weighted by Crippen LogP contribution is -2.15. The van der Waals surface area contributed by atoms with Crippen LogP contribution >= 0.6 is 31.9 Å². The fourth-order valence-electron chi connectivity index (χ4n) is 1.79. The van der Waals surface area contributed by atoms with Gasteiger partial charge in [-0.05, 0) is 48.9 Å². The van der Waals surface area contributed by atoms with Crippen molar-refractivity contribution >= 4 is 49.4 Å². The van der Waals surface area contributed by atoms with Crippen molar-refractivity contribution < 1.29 is 14.7 Å². The molecule has 0 bridgehead atoms. The molecule has 0 fully saturated rings. The summed E-state index contributed by atoms with van der Waals surface area (Å²) in [6, 6.07) is 9.80. The van der Waals surface area contributed by atoms with Crippen LogP contribution in [0.3, 0.4) is 0 Å². The number of carbonyl (C=O) groups excluding carboxylic acids is 1. The standard InChI is InChI=1S/C15H11Br2NO3/c1-8-6-9(2-5-12(8)17)14(19)18-13-7-10(16)3-4-11(13)15(20)21/h2-7H,1H3,(H,18,19)(H,20,21). The second-order valence-corrected chi connectivity index (χ2v) is 6.18. The Balaban J connectivity index is 2.33. The molecule has 0 saturated carbocycles. The number of aryl methyl sites for hydroxylation is 1. The molecule has 2 aromatic carbocycles. The molecule has 0 aliphatic rings. The highest BCUT2D eigenvalue weighted by atomic mass is 79.9. The van der Waals surface area contributed by atoms with Gasteiger partial charge in [0.15, 0.2) is 0 Å². The largest absolute Gasteiger partial charge is 0.478 e. The number of amides is 1. The molecule has 1 amide bonds. The maximum absolute atomic E-state index is 12.2. The van der Waals surface area contributed by atoms with E-state index in [1.807, 2.05) is 6.92 Å². The molecule has 2 aromatic rings. The highest BCUT2D eigenvalue weighted by Gasteiger charge is 2.14. The molecule has 0 heterocycles. The third kappa shape index (κ3) is 3.71. The predicted octanol–water partition coefficient (Wildman–Crippen LogP) is 4.47. The van der Waals surface area contributed by atoms with Gasteiger partial charge in [0.25, 0.3) is 5.91 Å². The van der Waals surface area contributed by atoms with Crippen molar-refractivity contribution in [3.05, 3.63) is 62.0 Å². The molecule has 2 N–H and O–H groups in total. The molecule has 0 aromatic heterocycles. The first-order valence-electron chi connectivity index (χ1n) is 5.99. The number of carboxylic acid groups (broad SMARTS) is 1. The van der Waals surface area contributed by atoms with Crippen molar-refractivity contribution in [3.63, 3.8) is 0 Å². The van der Waals surface area contributed by atoms with Crippen LogP contribution in [0.4, 0.5) is 5.69 Å². The van der Waals surface area contributed by atoms with Crippen LogP contribution in [0.2, 0.25) is 0 Å². The Kier molecular flexibility index (Phi) is 4.80. The number of hydrogen-bond acceptors (Lipinski definition) is 2. The number of rotatable bonds is 3. The van der Waals surface area contributed by atoms with Gasteiger partial charge in [0, 0.05) is 14.5 Å². The summed E-state index contributed by atoms with van der Waals surface area (Å²) < 4.78 is 1.60. The molecule has 6 heteroatoms. The fourth-order valence-corrected chi connectivity index (χ4v) is 2.39. The zero-order valence-electron chi connectivity index (χ0n) is 11.0. The molecule has 0 aliphatic heterocycles. The summed E-state index contributed by atoms with van der Waals surface area (Å²) >= 11 is 6.63. The molecule has 4 nitrogen and oxygen atoms in total. The van der Waals surface area contributed by atoms with Gasteiger partial charge in [-0.25, -0.2) is 4.79 Å². The van der Waals surface area contributed by atoms with Crippen molar-refractivity contribution in [2.24, 2.45) is 0 Å². The Bertz CT molecular complexity index is 729. The van der Waals surface area contributed by atoms with Crippen molar-refractivity contribution in [1.29, 1.82) is 0 Å². The van der Waals surface area contributed by atoms with Gasteiger partial charge in [0.1, 0.15) is 0 Å². The number of halogens is 2. The minimum Gasteiger partial charge on any atom is -0.478 e. The average molecular weight is 413 g/mol. The van der Waals surface area contributed by atoms with Crippen LogP contribution in [-0.4, -0.2) is 17.0 Å². The number of anilines is 1. The first-order valence-corrected chi connectivity index (χ1v) is 7.57. The van der Waals surface area contributed by atoms with E-state index < -0.39 is 5.97 Å². The van der Waals surface area contributed by atoms with Gasteiger partial charge < -0.3 is 10.4 Å². The minimum absolute atomic E-state index is 0.0420. The lowest BCUT2D eigenvalue weighted by atomic mass is 10.1. The summed E-state index contributed by atoms with van der Waals surface area (Å²) in [5, 5.41) is 11.8. The summed E-state index contributed by atoms with van der Waals surface area (Å²) in [5.74, 6) is -1.45. The van der Waals surface area contributed by atoms with Crippen LogP contribution in [0.1, 0.15) is 26.3 Å². The second-order valence-electron chi connectivity index (χ2n) is 4.41. The molecule has 0 aliphatic carbocycles. The van der Waals surface area contributed by atoms with E-state index in [-0.39, 0.29) is 17.2 Å². The number of carboxylic acids is 1. The molecule has 0 saturated heterocycles. The van der Waals surface area contributed by atoms with Crippen LogP contribution in [0.25, 0.3) is 0 Å². The molecule has 21 heavy (non-hydrogen) atoms. The van der Waals surface area contributed by atoms with Crippen molar-refractivity contribution in [3.8, 4) is 0 Å². The quantitative estimate of drug-likeness (QED) is 0.781. The number of aromatic carboxylic acids is 1. The SMILES string of the molecule is Cc1cc(C(=O)Nc2cc(Br)ccc2C(=O)O)ccc1Br. The number of carbonyl (C=O) groups is 2. The third-order valence-corrected chi connectivity index (χ3v) is 4.26. The van der Waals surface area contributed by atoms with E-state index in [0.717, 1.165) is 10.0 Å².